The van der Waals surface area contributed by atoms with Crippen LogP contribution in [0.2, 0.25) is 0 Å². The first-order chi connectivity index (χ1) is 16.3. The fourth-order valence-electron chi connectivity index (χ4n) is 4.75. The van der Waals surface area contributed by atoms with Gasteiger partial charge in [0.1, 0.15) is 28.6 Å². The molecule has 2 aromatic carbocycles. The van der Waals surface area contributed by atoms with Crippen molar-refractivity contribution >= 4 is 34.1 Å². The topological polar surface area (TPSA) is 197 Å². The number of benzene rings is 2. The van der Waals surface area contributed by atoms with Gasteiger partial charge in [-0.15, -0.1) is 0 Å². The van der Waals surface area contributed by atoms with Gasteiger partial charge in [0, 0.05) is 16.8 Å². The summed E-state index contributed by atoms with van der Waals surface area (Å²) in [6, 6.07) is 1.09. The average Bonchev–Trinajstić information content (AvgIpc) is 2.84. The summed E-state index contributed by atoms with van der Waals surface area (Å²) in [5, 5.41) is 54.4. The normalized spacial score (nSPS) is 25.6. The molecule has 0 saturated carbocycles. The van der Waals surface area contributed by atoms with Crippen LogP contribution in [-0.2, 0) is 14.3 Å². The van der Waals surface area contributed by atoms with Gasteiger partial charge in [-0.2, -0.15) is 0 Å². The number of methoxy groups -OCH3 is 3. The summed E-state index contributed by atoms with van der Waals surface area (Å²) in [7, 11) is 3.32. The summed E-state index contributed by atoms with van der Waals surface area (Å²) in [6.45, 7) is 1.34. The number of phenolic OH excluding ortho intramolecular Hbond substituents is 2. The van der Waals surface area contributed by atoms with Crippen LogP contribution in [-0.4, -0.2) is 87.5 Å². The Balaban J connectivity index is 2.19. The van der Waals surface area contributed by atoms with Gasteiger partial charge in [0.2, 0.25) is 28.6 Å². The van der Waals surface area contributed by atoms with Crippen molar-refractivity contribution in [3.8, 4) is 17.2 Å². The summed E-state index contributed by atoms with van der Waals surface area (Å²) < 4.78 is 14.7. The van der Waals surface area contributed by atoms with Gasteiger partial charge in [0.05, 0.1) is 32.5 Å². The molecule has 184 valence electrons. The lowest BCUT2D eigenvalue weighted by atomic mass is 9.60. The highest BCUT2D eigenvalue weighted by Gasteiger charge is 2.73. The highest BCUT2D eigenvalue weighted by Crippen LogP contribution is 2.52. The third-order valence-electron chi connectivity index (χ3n) is 6.58. The molecule has 2 aliphatic rings. The second-order valence-electron chi connectivity index (χ2n) is 8.09. The van der Waals surface area contributed by atoms with Gasteiger partial charge in [0.15, 0.2) is 6.10 Å². The van der Waals surface area contributed by atoms with Gasteiger partial charge >= 0.3 is 5.97 Å². The van der Waals surface area contributed by atoms with E-state index in [-0.39, 0.29) is 27.6 Å². The fraction of sp³-hybridized carbons (Fsp3) is 0.304. The Morgan fingerprint density at radius 3 is 2.11 bits per heavy atom. The summed E-state index contributed by atoms with van der Waals surface area (Å²) >= 11 is 0. The number of aromatic hydroxyl groups is 2. The Morgan fingerprint density at radius 1 is 0.971 bits per heavy atom. The summed E-state index contributed by atoms with van der Waals surface area (Å²) in [6.07, 6.45) is -1.84. The lowest BCUT2D eigenvalue weighted by molar-refractivity contribution is -0.172. The van der Waals surface area contributed by atoms with Crippen LogP contribution in [0.1, 0.15) is 36.6 Å². The van der Waals surface area contributed by atoms with Crippen LogP contribution in [0.15, 0.2) is 17.9 Å². The van der Waals surface area contributed by atoms with E-state index < -0.39 is 69.0 Å². The molecule has 12 nitrogen and oxygen atoms in total. The van der Waals surface area contributed by atoms with Crippen LogP contribution in [0.3, 0.4) is 0 Å². The maximum Gasteiger partial charge on any atom is 0.341 e. The van der Waals surface area contributed by atoms with Gasteiger partial charge in [-0.1, -0.05) is 0 Å². The van der Waals surface area contributed by atoms with Crippen molar-refractivity contribution < 1.29 is 58.9 Å². The molecule has 0 spiro atoms. The zero-order valence-electron chi connectivity index (χ0n) is 18.8. The minimum Gasteiger partial charge on any atom is -0.507 e. The molecule has 4 rings (SSSR count). The minimum absolute atomic E-state index is 0.0218. The van der Waals surface area contributed by atoms with Crippen molar-refractivity contribution in [2.75, 3.05) is 21.3 Å². The third-order valence-corrected chi connectivity index (χ3v) is 6.58. The molecule has 0 unspecified atom stereocenters. The van der Waals surface area contributed by atoms with E-state index in [2.05, 4.69) is 0 Å². The molecular formula is C23H20O12. The van der Waals surface area contributed by atoms with Crippen molar-refractivity contribution in [3.05, 3.63) is 40.2 Å². The van der Waals surface area contributed by atoms with Crippen molar-refractivity contribution in [1.29, 1.82) is 0 Å². The number of aliphatic hydroxyl groups excluding tert-OH is 1. The summed E-state index contributed by atoms with van der Waals surface area (Å²) in [5.41, 5.74) is -9.17. The quantitative estimate of drug-likeness (QED) is 0.215. The number of carbonyl (C=O) groups is 4. The number of carbonyl (C=O) groups excluding carboxylic acids is 4. The lowest BCUT2D eigenvalue weighted by Crippen LogP contribution is -2.76. The van der Waals surface area contributed by atoms with Crippen LogP contribution in [0.5, 0.6) is 17.2 Å². The van der Waals surface area contributed by atoms with Crippen molar-refractivity contribution in [1.82, 2.24) is 0 Å². The zero-order chi connectivity index (χ0) is 26.2. The van der Waals surface area contributed by atoms with E-state index in [9.17, 15) is 44.7 Å². The molecule has 0 amide bonds. The molecule has 5 N–H and O–H groups in total. The first-order valence-corrected chi connectivity index (χ1v) is 10.0. The Hall–Kier alpha value is -4.00. The number of aliphatic hydroxyl groups is 3. The molecule has 12 heteroatoms. The van der Waals surface area contributed by atoms with Crippen LogP contribution >= 0.6 is 0 Å². The standard InChI is InChI=1S/C23H20O12/c1-7-12-8(5-9(33-2)13(7)21(30)35-4)16(25)14-15(17(12)26)19(28)22(31)11(24)6-10(34-3)18(27)23(22,32)20(14)29/h5-6,18,25-27,31-32H,1-4H3/t18-,22-,23+/m1/s1. The van der Waals surface area contributed by atoms with Crippen LogP contribution in [0.4, 0.5) is 0 Å². The molecular weight excluding hydrogens is 468 g/mol. The van der Waals surface area contributed by atoms with Crippen LogP contribution in [0.25, 0.3) is 10.8 Å². The van der Waals surface area contributed by atoms with Gasteiger partial charge in [0.25, 0.3) is 0 Å². The number of rotatable bonds is 3. The van der Waals surface area contributed by atoms with E-state index >= 15 is 0 Å². The second-order valence-corrected chi connectivity index (χ2v) is 8.09. The largest absolute Gasteiger partial charge is 0.507 e. The summed E-state index contributed by atoms with van der Waals surface area (Å²) in [4.78, 5) is 52.0. The fourth-order valence-corrected chi connectivity index (χ4v) is 4.75. The number of hydrogen-bond donors (Lipinski definition) is 5. The van der Waals surface area contributed by atoms with E-state index in [1.807, 2.05) is 0 Å². The van der Waals surface area contributed by atoms with Gasteiger partial charge in [-0.3, -0.25) is 14.4 Å². The maximum atomic E-state index is 13.5. The lowest BCUT2D eigenvalue weighted by Gasteiger charge is -2.47. The number of Topliss-reactive ketones (excluding diaryl/α,β-unsaturated/α-hetero) is 2. The molecule has 0 aliphatic heterocycles. The molecule has 0 heterocycles. The van der Waals surface area contributed by atoms with Gasteiger partial charge in [-0.05, 0) is 18.6 Å². The second kappa shape index (κ2) is 7.50. The predicted octanol–water partition coefficient (Wildman–Crippen LogP) is -0.330. The van der Waals surface area contributed by atoms with Crippen molar-refractivity contribution in [2.45, 2.75) is 24.2 Å². The Bertz CT molecular complexity index is 1400. The monoisotopic (exact) mass is 488 g/mol. The van der Waals surface area contributed by atoms with Crippen molar-refractivity contribution in [3.63, 3.8) is 0 Å². The first kappa shape index (κ1) is 24.1. The molecule has 2 aromatic rings. The van der Waals surface area contributed by atoms with Gasteiger partial charge < -0.3 is 39.7 Å². The Morgan fingerprint density at radius 2 is 1.57 bits per heavy atom. The smallest absolute Gasteiger partial charge is 0.341 e. The molecule has 3 atom stereocenters. The Kier molecular flexibility index (Phi) is 5.17. The number of ether oxygens (including phenoxy) is 3. The van der Waals surface area contributed by atoms with E-state index in [1.165, 1.54) is 14.0 Å². The van der Waals surface area contributed by atoms with Gasteiger partial charge in [-0.25, -0.2) is 4.79 Å². The minimum atomic E-state index is -3.55. The van der Waals surface area contributed by atoms with E-state index in [4.69, 9.17) is 14.2 Å². The maximum absolute atomic E-state index is 13.5. The number of aryl methyl sites for hydroxylation is 1. The van der Waals surface area contributed by atoms with E-state index in [1.54, 1.807) is 0 Å². The summed E-state index contributed by atoms with van der Waals surface area (Å²) in [5.74, 6) is -8.28. The Labute approximate surface area is 196 Å². The van der Waals surface area contributed by atoms with E-state index in [0.29, 0.717) is 6.08 Å². The number of esters is 1. The van der Waals surface area contributed by atoms with Crippen molar-refractivity contribution in [2.24, 2.45) is 0 Å². The number of fused-ring (bicyclic) bond motifs is 3. The van der Waals surface area contributed by atoms with Crippen LogP contribution < -0.4 is 4.74 Å². The predicted molar refractivity (Wildman–Crippen MR) is 115 cm³/mol. The zero-order valence-corrected chi connectivity index (χ0v) is 18.8. The number of ketones is 3. The molecule has 0 fully saturated rings. The van der Waals surface area contributed by atoms with E-state index in [0.717, 1.165) is 20.3 Å². The van der Waals surface area contributed by atoms with Crippen LogP contribution in [0, 0.1) is 6.92 Å². The molecule has 2 aliphatic carbocycles. The third kappa shape index (κ3) is 2.61. The molecule has 0 aromatic heterocycles. The first-order valence-electron chi connectivity index (χ1n) is 10.0. The highest BCUT2D eigenvalue weighted by atomic mass is 16.5. The molecule has 0 bridgehead atoms. The number of hydrogen-bond acceptors (Lipinski definition) is 12. The molecule has 0 radical (unpaired) electrons. The molecule has 0 saturated heterocycles. The number of phenols is 2. The average molecular weight is 488 g/mol. The highest BCUT2D eigenvalue weighted by molar-refractivity contribution is 6.36. The molecule has 35 heavy (non-hydrogen) atoms. The SMILES string of the molecule is COC(=O)c1c(OC)cc2c(O)c3c(c(O)c2c1C)C(=O)[C@]1(O)C(=O)C=C(OC)[C@@H](O)[C@]1(O)C3=O.